The molecular weight excluding hydrogens is 276 g/mol. The van der Waals surface area contributed by atoms with E-state index in [0.29, 0.717) is 4.99 Å². The third-order valence-corrected chi connectivity index (χ3v) is 4.22. The second kappa shape index (κ2) is 5.34. The number of nitrogens with two attached hydrogens (primary N) is 1. The summed E-state index contributed by atoms with van der Waals surface area (Å²) >= 11 is 5.13. The second-order valence-electron chi connectivity index (χ2n) is 5.46. The summed E-state index contributed by atoms with van der Waals surface area (Å²) in [4.78, 5) is 0.449. The quantitative estimate of drug-likeness (QED) is 0.742. The van der Waals surface area contributed by atoms with Crippen molar-refractivity contribution in [3.05, 3.63) is 70.9 Å². The van der Waals surface area contributed by atoms with Gasteiger partial charge in [-0.1, -0.05) is 42.5 Å². The third kappa shape index (κ3) is 2.57. The molecule has 1 heterocycles. The monoisotopic (exact) mass is 294 g/mol. The lowest BCUT2D eigenvalue weighted by Gasteiger charge is -2.09. The van der Waals surface area contributed by atoms with Gasteiger partial charge in [0.15, 0.2) is 0 Å². The van der Waals surface area contributed by atoms with Gasteiger partial charge in [-0.3, -0.25) is 0 Å². The minimum atomic E-state index is 0.449. The van der Waals surface area contributed by atoms with Crippen LogP contribution in [0.1, 0.15) is 22.3 Å². The van der Waals surface area contributed by atoms with Crippen molar-refractivity contribution in [1.82, 2.24) is 4.57 Å². The predicted octanol–water partition coefficient (Wildman–Crippen LogP) is 3.94. The van der Waals surface area contributed by atoms with Crippen LogP contribution in [0.2, 0.25) is 0 Å². The normalized spacial score (nSPS) is 11.0. The van der Waals surface area contributed by atoms with Crippen molar-refractivity contribution in [2.45, 2.75) is 20.4 Å². The lowest BCUT2D eigenvalue weighted by Crippen LogP contribution is -2.09. The molecule has 0 saturated carbocycles. The number of benzene rings is 2. The Hall–Kier alpha value is -2.13. The molecule has 0 amide bonds. The van der Waals surface area contributed by atoms with E-state index in [1.807, 2.05) is 12.1 Å². The minimum absolute atomic E-state index is 0.449. The van der Waals surface area contributed by atoms with Gasteiger partial charge in [-0.25, -0.2) is 0 Å². The van der Waals surface area contributed by atoms with Gasteiger partial charge in [-0.2, -0.15) is 0 Å². The summed E-state index contributed by atoms with van der Waals surface area (Å²) < 4.78 is 2.24. The zero-order chi connectivity index (χ0) is 15.0. The van der Waals surface area contributed by atoms with Gasteiger partial charge in [-0.15, -0.1) is 0 Å². The molecule has 3 rings (SSSR count). The topological polar surface area (TPSA) is 30.9 Å². The summed E-state index contributed by atoms with van der Waals surface area (Å²) in [6.45, 7) is 5.14. The van der Waals surface area contributed by atoms with Crippen molar-refractivity contribution in [3.63, 3.8) is 0 Å². The van der Waals surface area contributed by atoms with E-state index in [1.165, 1.54) is 22.2 Å². The number of rotatable bonds is 3. The van der Waals surface area contributed by atoms with Crippen molar-refractivity contribution in [3.8, 4) is 0 Å². The number of fused-ring (bicyclic) bond motifs is 1. The largest absolute Gasteiger partial charge is 0.389 e. The number of aryl methyl sites for hydroxylation is 2. The van der Waals surface area contributed by atoms with Crippen molar-refractivity contribution >= 4 is 28.1 Å². The van der Waals surface area contributed by atoms with Crippen LogP contribution in [0.5, 0.6) is 0 Å². The third-order valence-electron chi connectivity index (χ3n) is 4.00. The summed E-state index contributed by atoms with van der Waals surface area (Å²) in [5.74, 6) is 0. The molecule has 0 radical (unpaired) electrons. The lowest BCUT2D eigenvalue weighted by molar-refractivity contribution is 0.835. The van der Waals surface area contributed by atoms with Crippen molar-refractivity contribution in [2.75, 3.05) is 0 Å². The van der Waals surface area contributed by atoms with Gasteiger partial charge in [0.25, 0.3) is 0 Å². The molecular formula is C18H18N2S. The molecule has 2 N–H and O–H groups in total. The number of hydrogen-bond acceptors (Lipinski definition) is 1. The Morgan fingerprint density at radius 2 is 1.90 bits per heavy atom. The number of aromatic nitrogens is 1. The molecule has 0 aliphatic rings. The van der Waals surface area contributed by atoms with Gasteiger partial charge in [0, 0.05) is 29.2 Å². The van der Waals surface area contributed by atoms with Crippen LogP contribution in [0, 0.1) is 13.8 Å². The molecule has 0 bridgehead atoms. The van der Waals surface area contributed by atoms with Crippen LogP contribution in [0.4, 0.5) is 0 Å². The molecule has 0 saturated heterocycles. The lowest BCUT2D eigenvalue weighted by atomic mass is 10.1. The van der Waals surface area contributed by atoms with Crippen LogP contribution in [-0.2, 0) is 6.54 Å². The van der Waals surface area contributed by atoms with E-state index >= 15 is 0 Å². The van der Waals surface area contributed by atoms with E-state index in [9.17, 15) is 0 Å². The fraction of sp³-hybridized carbons (Fsp3) is 0.167. The van der Waals surface area contributed by atoms with Gasteiger partial charge in [0.05, 0.1) is 0 Å². The van der Waals surface area contributed by atoms with E-state index in [4.69, 9.17) is 18.0 Å². The Labute approximate surface area is 130 Å². The Kier molecular flexibility index (Phi) is 3.52. The van der Waals surface area contributed by atoms with E-state index in [1.54, 1.807) is 0 Å². The van der Waals surface area contributed by atoms with Gasteiger partial charge >= 0.3 is 0 Å². The van der Waals surface area contributed by atoms with E-state index in [2.05, 4.69) is 54.9 Å². The summed E-state index contributed by atoms with van der Waals surface area (Å²) in [5, 5.41) is 1.12. The molecule has 0 spiro atoms. The Morgan fingerprint density at radius 1 is 1.10 bits per heavy atom. The zero-order valence-corrected chi connectivity index (χ0v) is 13.1. The highest BCUT2D eigenvalue weighted by molar-refractivity contribution is 7.80. The first-order valence-corrected chi connectivity index (χ1v) is 7.41. The smallest absolute Gasteiger partial charge is 0.104 e. The molecule has 3 aromatic rings. The molecule has 0 aliphatic carbocycles. The number of nitrogens with zero attached hydrogens (tertiary/aromatic N) is 1. The predicted molar refractivity (Wildman–Crippen MR) is 92.8 cm³/mol. The van der Waals surface area contributed by atoms with E-state index in [0.717, 1.165) is 17.5 Å². The highest BCUT2D eigenvalue weighted by Crippen LogP contribution is 2.22. The summed E-state index contributed by atoms with van der Waals surface area (Å²) in [6, 6.07) is 14.8. The molecule has 3 heteroatoms. The van der Waals surface area contributed by atoms with Crippen LogP contribution in [0.25, 0.3) is 10.9 Å². The van der Waals surface area contributed by atoms with Crippen LogP contribution in [0.15, 0.2) is 48.7 Å². The first-order chi connectivity index (χ1) is 10.1. The molecule has 0 unspecified atom stereocenters. The standard InChI is InChI=1S/C18H18N2S/c1-12-6-7-14(10-13(12)2)11-20-9-8-15-16(18(19)21)4-3-5-17(15)20/h3-10H,11H2,1-2H3,(H2,19,21). The van der Waals surface area contributed by atoms with Gasteiger partial charge in [0.1, 0.15) is 4.99 Å². The Morgan fingerprint density at radius 3 is 2.62 bits per heavy atom. The number of thiocarbonyl (C=S) groups is 1. The summed E-state index contributed by atoms with van der Waals surface area (Å²) in [6.07, 6.45) is 2.10. The van der Waals surface area contributed by atoms with Gasteiger partial charge < -0.3 is 10.3 Å². The van der Waals surface area contributed by atoms with Crippen molar-refractivity contribution in [1.29, 1.82) is 0 Å². The highest BCUT2D eigenvalue weighted by atomic mass is 32.1. The average molecular weight is 294 g/mol. The molecule has 0 fully saturated rings. The molecule has 0 aliphatic heterocycles. The fourth-order valence-corrected chi connectivity index (χ4v) is 2.85. The SMILES string of the molecule is Cc1ccc(Cn2ccc3c(C(N)=S)cccc32)cc1C. The molecule has 1 aromatic heterocycles. The first kappa shape index (κ1) is 13.8. The van der Waals surface area contributed by atoms with Gasteiger partial charge in [-0.05, 0) is 42.7 Å². The van der Waals surface area contributed by atoms with Crippen molar-refractivity contribution in [2.24, 2.45) is 5.73 Å². The summed E-state index contributed by atoms with van der Waals surface area (Å²) in [7, 11) is 0. The average Bonchev–Trinajstić information content (AvgIpc) is 2.86. The van der Waals surface area contributed by atoms with Gasteiger partial charge in [0.2, 0.25) is 0 Å². The number of hydrogen-bond donors (Lipinski definition) is 1. The Bertz CT molecular complexity index is 830. The zero-order valence-electron chi connectivity index (χ0n) is 12.3. The summed E-state index contributed by atoms with van der Waals surface area (Å²) in [5.41, 5.74) is 11.9. The fourth-order valence-electron chi connectivity index (χ4n) is 2.67. The van der Waals surface area contributed by atoms with Crippen LogP contribution in [-0.4, -0.2) is 9.56 Å². The van der Waals surface area contributed by atoms with Crippen LogP contribution in [0.3, 0.4) is 0 Å². The molecule has 0 atom stereocenters. The maximum absolute atomic E-state index is 5.80. The molecule has 106 valence electrons. The van der Waals surface area contributed by atoms with Crippen molar-refractivity contribution < 1.29 is 0 Å². The molecule has 2 aromatic carbocycles. The minimum Gasteiger partial charge on any atom is -0.389 e. The maximum atomic E-state index is 5.80. The molecule has 2 nitrogen and oxygen atoms in total. The van der Waals surface area contributed by atoms with E-state index < -0.39 is 0 Å². The second-order valence-corrected chi connectivity index (χ2v) is 5.90. The van der Waals surface area contributed by atoms with Crippen LogP contribution >= 0.6 is 12.2 Å². The highest BCUT2D eigenvalue weighted by Gasteiger charge is 2.08. The first-order valence-electron chi connectivity index (χ1n) is 7.00. The Balaban J connectivity index is 2.03. The maximum Gasteiger partial charge on any atom is 0.104 e. The molecule has 21 heavy (non-hydrogen) atoms. The van der Waals surface area contributed by atoms with E-state index in [-0.39, 0.29) is 0 Å². The van der Waals surface area contributed by atoms with Crippen LogP contribution < -0.4 is 5.73 Å².